The number of likely N-dealkylation sites (tertiary alicyclic amines) is 1. The highest BCUT2D eigenvalue weighted by Gasteiger charge is 2.19. The molecule has 1 aromatic heterocycles. The van der Waals surface area contributed by atoms with Crippen LogP contribution in [0.1, 0.15) is 19.8 Å². The van der Waals surface area contributed by atoms with Gasteiger partial charge in [0.15, 0.2) is 0 Å². The van der Waals surface area contributed by atoms with Gasteiger partial charge in [-0.2, -0.15) is 4.98 Å². The maximum Gasteiger partial charge on any atom is 0.222 e. The minimum absolute atomic E-state index is 0.328. The lowest BCUT2D eigenvalue weighted by Gasteiger charge is -2.32. The van der Waals surface area contributed by atoms with Crippen LogP contribution < -0.4 is 11.1 Å². The number of nitrogens with one attached hydrogen (secondary N) is 1. The summed E-state index contributed by atoms with van der Waals surface area (Å²) in [5, 5.41) is 4.59. The Bertz CT molecular complexity index is 598. The van der Waals surface area contributed by atoms with Gasteiger partial charge in [0.25, 0.3) is 0 Å². The van der Waals surface area contributed by atoms with Crippen molar-refractivity contribution in [1.82, 2.24) is 14.9 Å². The Kier molecular flexibility index (Phi) is 3.69. The van der Waals surface area contributed by atoms with E-state index in [4.69, 9.17) is 5.73 Å². The number of likely N-dealkylation sites (N-methyl/N-ethyl adjacent to an activating group) is 1. The number of rotatable bonds is 3. The van der Waals surface area contributed by atoms with Crippen LogP contribution in [0.4, 0.5) is 11.8 Å². The summed E-state index contributed by atoms with van der Waals surface area (Å²) in [5.74, 6) is 1.19. The Morgan fingerprint density at radius 1 is 1.35 bits per heavy atom. The van der Waals surface area contributed by atoms with Crippen molar-refractivity contribution in [2.24, 2.45) is 0 Å². The molecule has 0 aliphatic carbocycles. The number of nitrogens with two attached hydrogens (primary N) is 1. The van der Waals surface area contributed by atoms with Crippen LogP contribution in [0.15, 0.2) is 24.3 Å². The summed E-state index contributed by atoms with van der Waals surface area (Å²) in [5.41, 5.74) is 6.70. The first-order chi connectivity index (χ1) is 9.76. The monoisotopic (exact) mass is 271 g/mol. The summed E-state index contributed by atoms with van der Waals surface area (Å²) in [7, 11) is 0. The number of nitrogen functional groups attached to an aromatic ring is 1. The Morgan fingerprint density at radius 3 is 3.05 bits per heavy atom. The number of benzene rings is 1. The summed E-state index contributed by atoms with van der Waals surface area (Å²) >= 11 is 0. The molecule has 106 valence electrons. The van der Waals surface area contributed by atoms with Crippen LogP contribution in [-0.2, 0) is 0 Å². The van der Waals surface area contributed by atoms with Gasteiger partial charge in [-0.1, -0.05) is 19.1 Å². The molecule has 2 aromatic rings. The molecule has 1 aliphatic rings. The number of aromatic nitrogens is 2. The predicted octanol–water partition coefficient (Wildman–Crippen LogP) is 2.11. The molecule has 0 saturated carbocycles. The summed E-state index contributed by atoms with van der Waals surface area (Å²) in [6, 6.07) is 8.42. The Labute approximate surface area is 119 Å². The zero-order valence-corrected chi connectivity index (χ0v) is 11.8. The van der Waals surface area contributed by atoms with E-state index in [0.717, 1.165) is 29.8 Å². The molecule has 5 nitrogen and oxygen atoms in total. The van der Waals surface area contributed by atoms with Gasteiger partial charge in [0, 0.05) is 18.0 Å². The van der Waals surface area contributed by atoms with E-state index < -0.39 is 0 Å². The number of hydrogen-bond donors (Lipinski definition) is 2. The maximum atomic E-state index is 5.81. The first-order valence-corrected chi connectivity index (χ1v) is 7.27. The number of piperidine rings is 1. The van der Waals surface area contributed by atoms with Crippen molar-refractivity contribution in [3.63, 3.8) is 0 Å². The zero-order chi connectivity index (χ0) is 13.9. The van der Waals surface area contributed by atoms with Crippen LogP contribution in [0.2, 0.25) is 0 Å². The molecule has 1 saturated heterocycles. The third-order valence-corrected chi connectivity index (χ3v) is 3.91. The van der Waals surface area contributed by atoms with Crippen molar-refractivity contribution < 1.29 is 0 Å². The highest BCUT2D eigenvalue weighted by atomic mass is 15.2. The van der Waals surface area contributed by atoms with Crippen LogP contribution in [0.25, 0.3) is 10.9 Å². The van der Waals surface area contributed by atoms with Crippen molar-refractivity contribution >= 4 is 22.7 Å². The number of para-hydroxylation sites is 1. The van der Waals surface area contributed by atoms with Crippen LogP contribution in [-0.4, -0.2) is 40.5 Å². The van der Waals surface area contributed by atoms with E-state index in [1.807, 2.05) is 24.3 Å². The van der Waals surface area contributed by atoms with Crippen LogP contribution in [0.5, 0.6) is 0 Å². The third kappa shape index (κ3) is 2.67. The highest BCUT2D eigenvalue weighted by Crippen LogP contribution is 2.23. The molecule has 3 N–H and O–H groups in total. The largest absolute Gasteiger partial charge is 0.368 e. The van der Waals surface area contributed by atoms with Crippen LogP contribution in [0.3, 0.4) is 0 Å². The van der Waals surface area contributed by atoms with E-state index in [9.17, 15) is 0 Å². The molecule has 1 atom stereocenters. The Balaban J connectivity index is 1.86. The molecule has 1 aliphatic heterocycles. The standard InChI is InChI=1S/C15H21N5/c1-2-20-9-5-6-11(10-20)17-14-12-7-3-4-8-13(12)18-15(16)19-14/h3-4,7-8,11H,2,5-6,9-10H2,1H3,(H3,16,17,18,19). The van der Waals surface area contributed by atoms with Gasteiger partial charge < -0.3 is 16.0 Å². The third-order valence-electron chi connectivity index (χ3n) is 3.91. The van der Waals surface area contributed by atoms with Crippen LogP contribution >= 0.6 is 0 Å². The fourth-order valence-corrected chi connectivity index (χ4v) is 2.86. The van der Waals surface area contributed by atoms with Crippen molar-refractivity contribution in [3.05, 3.63) is 24.3 Å². The molecule has 0 amide bonds. The van der Waals surface area contributed by atoms with Gasteiger partial charge in [0.1, 0.15) is 5.82 Å². The molecule has 20 heavy (non-hydrogen) atoms. The first kappa shape index (κ1) is 13.1. The van der Waals surface area contributed by atoms with Gasteiger partial charge in [-0.25, -0.2) is 4.98 Å². The maximum absolute atomic E-state index is 5.81. The molecule has 3 rings (SSSR count). The minimum Gasteiger partial charge on any atom is -0.368 e. The van der Waals surface area contributed by atoms with Gasteiger partial charge in [0.05, 0.1) is 5.52 Å². The van der Waals surface area contributed by atoms with E-state index in [0.29, 0.717) is 12.0 Å². The number of nitrogens with zero attached hydrogens (tertiary/aromatic N) is 3. The van der Waals surface area contributed by atoms with E-state index in [1.165, 1.54) is 19.4 Å². The quantitative estimate of drug-likeness (QED) is 0.895. The second-order valence-electron chi connectivity index (χ2n) is 5.32. The molecular formula is C15H21N5. The van der Waals surface area contributed by atoms with Crippen molar-refractivity contribution in [2.75, 3.05) is 30.7 Å². The number of fused-ring (bicyclic) bond motifs is 1. The van der Waals surface area contributed by atoms with Gasteiger partial charge in [-0.05, 0) is 38.1 Å². The molecule has 0 radical (unpaired) electrons. The van der Waals surface area contributed by atoms with E-state index in [1.54, 1.807) is 0 Å². The Morgan fingerprint density at radius 2 is 2.20 bits per heavy atom. The molecular weight excluding hydrogens is 250 g/mol. The number of hydrogen-bond acceptors (Lipinski definition) is 5. The molecule has 1 fully saturated rings. The summed E-state index contributed by atoms with van der Waals surface area (Å²) in [4.78, 5) is 11.1. The van der Waals surface area contributed by atoms with Gasteiger partial charge >= 0.3 is 0 Å². The number of anilines is 2. The van der Waals surface area contributed by atoms with Gasteiger partial charge in [-0.3, -0.25) is 0 Å². The fourth-order valence-electron chi connectivity index (χ4n) is 2.86. The molecule has 1 aromatic carbocycles. The molecule has 1 unspecified atom stereocenters. The second kappa shape index (κ2) is 5.63. The minimum atomic E-state index is 0.328. The smallest absolute Gasteiger partial charge is 0.222 e. The average molecular weight is 271 g/mol. The lowest BCUT2D eigenvalue weighted by atomic mass is 10.1. The lowest BCUT2D eigenvalue weighted by Crippen LogP contribution is -2.42. The fraction of sp³-hybridized carbons (Fsp3) is 0.467. The average Bonchev–Trinajstić information content (AvgIpc) is 2.47. The zero-order valence-electron chi connectivity index (χ0n) is 11.8. The van der Waals surface area contributed by atoms with E-state index in [-0.39, 0.29) is 0 Å². The topological polar surface area (TPSA) is 67.1 Å². The molecule has 0 bridgehead atoms. The van der Waals surface area contributed by atoms with Crippen molar-refractivity contribution in [2.45, 2.75) is 25.8 Å². The van der Waals surface area contributed by atoms with Crippen molar-refractivity contribution in [1.29, 1.82) is 0 Å². The van der Waals surface area contributed by atoms with Crippen molar-refractivity contribution in [3.8, 4) is 0 Å². The normalized spacial score (nSPS) is 20.1. The van der Waals surface area contributed by atoms with E-state index in [2.05, 4.69) is 27.1 Å². The van der Waals surface area contributed by atoms with Gasteiger partial charge in [-0.15, -0.1) is 0 Å². The highest BCUT2D eigenvalue weighted by molar-refractivity contribution is 5.89. The second-order valence-corrected chi connectivity index (χ2v) is 5.32. The SMILES string of the molecule is CCN1CCCC(Nc2nc(N)nc3ccccc23)C1. The lowest BCUT2D eigenvalue weighted by molar-refractivity contribution is 0.226. The van der Waals surface area contributed by atoms with E-state index >= 15 is 0 Å². The summed E-state index contributed by atoms with van der Waals surface area (Å²) in [6.45, 7) is 5.57. The molecule has 0 spiro atoms. The Hall–Kier alpha value is -1.88. The summed E-state index contributed by atoms with van der Waals surface area (Å²) in [6.07, 6.45) is 2.40. The summed E-state index contributed by atoms with van der Waals surface area (Å²) < 4.78 is 0. The van der Waals surface area contributed by atoms with Crippen LogP contribution in [0, 0.1) is 0 Å². The molecule has 2 heterocycles. The molecule has 5 heteroatoms. The predicted molar refractivity (Wildman–Crippen MR) is 82.7 cm³/mol. The first-order valence-electron chi connectivity index (χ1n) is 7.27. The van der Waals surface area contributed by atoms with Gasteiger partial charge in [0.2, 0.25) is 5.95 Å².